The fraction of sp³-hybridized carbons (Fsp3) is 0.235. The summed E-state index contributed by atoms with van der Waals surface area (Å²) in [5.41, 5.74) is 1.03. The van der Waals surface area contributed by atoms with E-state index >= 15 is 0 Å². The number of benzene rings is 4. The molecule has 0 saturated carbocycles. The maximum Gasteiger partial charge on any atom is 0.416 e. The van der Waals surface area contributed by atoms with Crippen LogP contribution >= 0.6 is 0 Å². The maximum absolute atomic E-state index is 14.3. The lowest BCUT2D eigenvalue weighted by atomic mass is 10.0. The zero-order valence-corrected chi connectivity index (χ0v) is 25.7. The second-order valence-electron chi connectivity index (χ2n) is 10.5. The molecular formula is C34H34F3N3O4S. The zero-order valence-electron chi connectivity index (χ0n) is 24.9. The Kier molecular flexibility index (Phi) is 10.7. The van der Waals surface area contributed by atoms with Gasteiger partial charge in [0.1, 0.15) is 12.6 Å². The van der Waals surface area contributed by atoms with Crippen molar-refractivity contribution in [2.45, 2.75) is 43.9 Å². The Morgan fingerprint density at radius 1 is 0.822 bits per heavy atom. The number of rotatable bonds is 12. The summed E-state index contributed by atoms with van der Waals surface area (Å²) in [6.45, 7) is 3.03. The predicted octanol–water partition coefficient (Wildman–Crippen LogP) is 5.99. The Labute approximate surface area is 261 Å². The number of carbonyl (C=O) groups excluding carboxylic acids is 2. The average molecular weight is 638 g/mol. The van der Waals surface area contributed by atoms with Gasteiger partial charge in [-0.05, 0) is 55.3 Å². The molecule has 0 fully saturated rings. The third kappa shape index (κ3) is 8.51. The van der Waals surface area contributed by atoms with Crippen LogP contribution in [0.15, 0.2) is 114 Å². The molecule has 0 aliphatic rings. The highest BCUT2D eigenvalue weighted by molar-refractivity contribution is 7.92. The van der Waals surface area contributed by atoms with E-state index < -0.39 is 46.2 Å². The summed E-state index contributed by atoms with van der Waals surface area (Å²) in [6.07, 6.45) is -4.63. The van der Waals surface area contributed by atoms with Crippen LogP contribution in [0, 0.1) is 6.92 Å². The lowest BCUT2D eigenvalue weighted by molar-refractivity contribution is -0.140. The molecule has 1 atom stereocenters. The molecule has 0 aliphatic carbocycles. The molecule has 0 radical (unpaired) electrons. The summed E-state index contributed by atoms with van der Waals surface area (Å²) < 4.78 is 69.6. The van der Waals surface area contributed by atoms with Gasteiger partial charge in [0.15, 0.2) is 0 Å². The summed E-state index contributed by atoms with van der Waals surface area (Å²) >= 11 is 0. The predicted molar refractivity (Wildman–Crippen MR) is 167 cm³/mol. The fourth-order valence-electron chi connectivity index (χ4n) is 4.82. The number of halogens is 3. The van der Waals surface area contributed by atoms with Crippen LogP contribution in [0.4, 0.5) is 18.9 Å². The van der Waals surface area contributed by atoms with Crippen molar-refractivity contribution in [1.82, 2.24) is 10.2 Å². The first-order valence-corrected chi connectivity index (χ1v) is 15.8. The summed E-state index contributed by atoms with van der Waals surface area (Å²) in [5, 5.41) is 2.77. The number of nitrogens with zero attached hydrogens (tertiary/aromatic N) is 2. The molecule has 0 aliphatic heterocycles. The van der Waals surface area contributed by atoms with Gasteiger partial charge in [-0.25, -0.2) is 8.42 Å². The number of alkyl halides is 3. The molecule has 7 nitrogen and oxygen atoms in total. The SMILES string of the molecule is CCNC(=O)[C@H](Cc1ccccc1)N(Cc1ccc(C)cc1)C(=O)CN(c1cccc(C(F)(F)F)c1)S(=O)(=O)c1ccccc1. The first-order valence-electron chi connectivity index (χ1n) is 14.3. The minimum Gasteiger partial charge on any atom is -0.355 e. The Hall–Kier alpha value is -4.64. The van der Waals surface area contributed by atoms with E-state index in [2.05, 4.69) is 5.32 Å². The molecule has 2 amide bonds. The van der Waals surface area contributed by atoms with Crippen molar-refractivity contribution < 1.29 is 31.2 Å². The first-order chi connectivity index (χ1) is 21.4. The van der Waals surface area contributed by atoms with E-state index in [1.807, 2.05) is 37.3 Å². The Morgan fingerprint density at radius 2 is 1.44 bits per heavy atom. The molecule has 0 saturated heterocycles. The number of hydrogen-bond acceptors (Lipinski definition) is 4. The molecule has 1 N–H and O–H groups in total. The first kappa shape index (κ1) is 33.3. The number of carbonyl (C=O) groups is 2. The smallest absolute Gasteiger partial charge is 0.355 e. The highest BCUT2D eigenvalue weighted by Crippen LogP contribution is 2.33. The minimum atomic E-state index is -4.75. The molecule has 0 aromatic heterocycles. The van der Waals surface area contributed by atoms with Crippen LogP contribution in [0.25, 0.3) is 0 Å². The van der Waals surface area contributed by atoms with Gasteiger partial charge >= 0.3 is 6.18 Å². The van der Waals surface area contributed by atoms with Gasteiger partial charge in [-0.1, -0.05) is 84.4 Å². The van der Waals surface area contributed by atoms with Crippen LogP contribution in [-0.2, 0) is 38.8 Å². The van der Waals surface area contributed by atoms with Gasteiger partial charge in [0, 0.05) is 19.5 Å². The Balaban J connectivity index is 1.82. The lowest BCUT2D eigenvalue weighted by Crippen LogP contribution is -2.53. The number of amides is 2. The van der Waals surface area contributed by atoms with E-state index in [-0.39, 0.29) is 30.1 Å². The van der Waals surface area contributed by atoms with E-state index in [4.69, 9.17) is 0 Å². The standard InChI is InChI=1S/C34H34F3N3O4S/c1-3-38-33(42)31(21-26-11-6-4-7-12-26)39(23-27-19-17-25(2)18-20-27)32(41)24-40(45(43,44)30-15-8-5-9-16-30)29-14-10-13-28(22-29)34(35,36)37/h4-20,22,31H,3,21,23-24H2,1-2H3,(H,38,42)/t31-/m0/s1. The normalized spacial score (nSPS) is 12.3. The van der Waals surface area contributed by atoms with Gasteiger partial charge in [0.25, 0.3) is 10.0 Å². The van der Waals surface area contributed by atoms with Gasteiger partial charge in [-0.15, -0.1) is 0 Å². The van der Waals surface area contributed by atoms with Crippen molar-refractivity contribution in [1.29, 1.82) is 0 Å². The molecule has 45 heavy (non-hydrogen) atoms. The minimum absolute atomic E-state index is 0.0461. The topological polar surface area (TPSA) is 86.8 Å². The molecule has 0 bridgehead atoms. The molecule has 0 spiro atoms. The molecule has 0 heterocycles. The van der Waals surface area contributed by atoms with Crippen molar-refractivity contribution >= 4 is 27.5 Å². The number of anilines is 1. The number of hydrogen-bond donors (Lipinski definition) is 1. The zero-order chi connectivity index (χ0) is 32.6. The van der Waals surface area contributed by atoms with E-state index in [1.165, 1.54) is 35.2 Å². The molecule has 4 rings (SSSR count). The quantitative estimate of drug-likeness (QED) is 0.207. The summed E-state index contributed by atoms with van der Waals surface area (Å²) in [4.78, 5) is 28.9. The van der Waals surface area contributed by atoms with Crippen molar-refractivity contribution in [2.24, 2.45) is 0 Å². The van der Waals surface area contributed by atoms with Crippen molar-refractivity contribution in [3.05, 3.63) is 131 Å². The molecule has 4 aromatic rings. The van der Waals surface area contributed by atoms with Crippen molar-refractivity contribution in [2.75, 3.05) is 17.4 Å². The molecule has 0 unspecified atom stereocenters. The lowest BCUT2D eigenvalue weighted by Gasteiger charge is -2.34. The highest BCUT2D eigenvalue weighted by atomic mass is 32.2. The summed E-state index contributed by atoms with van der Waals surface area (Å²) in [6, 6.07) is 26.3. The average Bonchev–Trinajstić information content (AvgIpc) is 3.03. The second-order valence-corrected chi connectivity index (χ2v) is 12.3. The van der Waals surface area contributed by atoms with Crippen molar-refractivity contribution in [3.63, 3.8) is 0 Å². The number of nitrogens with one attached hydrogen (secondary N) is 1. The molecule has 4 aromatic carbocycles. The van der Waals surface area contributed by atoms with Gasteiger partial charge in [-0.3, -0.25) is 13.9 Å². The van der Waals surface area contributed by atoms with Crippen LogP contribution in [0.2, 0.25) is 0 Å². The van der Waals surface area contributed by atoms with E-state index in [9.17, 15) is 31.2 Å². The van der Waals surface area contributed by atoms with Crippen molar-refractivity contribution in [3.8, 4) is 0 Å². The second kappa shape index (κ2) is 14.4. The van der Waals surface area contributed by atoms with Gasteiger partial charge < -0.3 is 10.2 Å². The van der Waals surface area contributed by atoms with Crippen LogP contribution in [0.3, 0.4) is 0 Å². The Bertz CT molecular complexity index is 1700. The fourth-order valence-corrected chi connectivity index (χ4v) is 6.25. The van der Waals surface area contributed by atoms with Crippen LogP contribution in [0.5, 0.6) is 0 Å². The Morgan fingerprint density at radius 3 is 2.04 bits per heavy atom. The van der Waals surface area contributed by atoms with Gasteiger partial charge in [0.05, 0.1) is 16.1 Å². The van der Waals surface area contributed by atoms with E-state index in [0.717, 1.165) is 23.3 Å². The van der Waals surface area contributed by atoms with Crippen LogP contribution in [-0.4, -0.2) is 44.3 Å². The third-order valence-corrected chi connectivity index (χ3v) is 8.96. The monoisotopic (exact) mass is 637 g/mol. The molecule has 236 valence electrons. The maximum atomic E-state index is 14.3. The van der Waals surface area contributed by atoms with Gasteiger partial charge in [-0.2, -0.15) is 13.2 Å². The number of sulfonamides is 1. The number of likely N-dealkylation sites (N-methyl/N-ethyl adjacent to an activating group) is 1. The van der Waals surface area contributed by atoms with E-state index in [0.29, 0.717) is 15.9 Å². The van der Waals surface area contributed by atoms with E-state index in [1.54, 1.807) is 37.3 Å². The van der Waals surface area contributed by atoms with Gasteiger partial charge in [0.2, 0.25) is 11.8 Å². The highest BCUT2D eigenvalue weighted by Gasteiger charge is 2.36. The summed E-state index contributed by atoms with van der Waals surface area (Å²) in [7, 11) is -4.52. The number of aryl methyl sites for hydroxylation is 1. The third-order valence-electron chi connectivity index (χ3n) is 7.17. The molecule has 11 heteroatoms. The van der Waals surface area contributed by atoms with Crippen LogP contribution < -0.4 is 9.62 Å². The largest absolute Gasteiger partial charge is 0.416 e. The summed E-state index contributed by atoms with van der Waals surface area (Å²) in [5.74, 6) is -1.21. The molecular weight excluding hydrogens is 603 g/mol. The van der Waals surface area contributed by atoms with Crippen LogP contribution in [0.1, 0.15) is 29.2 Å².